The van der Waals surface area contributed by atoms with Gasteiger partial charge in [-0.15, -0.1) is 0 Å². The molecule has 2 aliphatic heterocycles. The van der Waals surface area contributed by atoms with Crippen LogP contribution in [-0.2, 0) is 23.5 Å². The van der Waals surface area contributed by atoms with Crippen LogP contribution in [0.15, 0.2) is 48.5 Å². The van der Waals surface area contributed by atoms with E-state index >= 15 is 0 Å². The number of rotatable bonds is 4. The summed E-state index contributed by atoms with van der Waals surface area (Å²) < 4.78 is 34.9. The smallest absolute Gasteiger partial charge is 0.387 e. The summed E-state index contributed by atoms with van der Waals surface area (Å²) in [5.41, 5.74) is 3.50. The minimum absolute atomic E-state index is 0.185. The van der Waals surface area contributed by atoms with E-state index in [4.69, 9.17) is 4.74 Å². The lowest BCUT2D eigenvalue weighted by Crippen LogP contribution is -2.30. The molecule has 3 nitrogen and oxygen atoms in total. The van der Waals surface area contributed by atoms with Gasteiger partial charge in [-0.3, -0.25) is 4.90 Å². The van der Waals surface area contributed by atoms with Gasteiger partial charge in [0, 0.05) is 19.6 Å². The minimum atomic E-state index is -2.78. The molecule has 0 aliphatic carbocycles. The topological polar surface area (TPSA) is 21.7 Å². The first-order valence-corrected chi connectivity index (χ1v) is 8.13. The highest BCUT2D eigenvalue weighted by atomic mass is 19.3. The molecule has 4 rings (SSSR count). The first-order chi connectivity index (χ1) is 11.6. The summed E-state index contributed by atoms with van der Waals surface area (Å²) in [6.45, 7) is 0.503. The largest absolute Gasteiger partial charge is 0.435 e. The van der Waals surface area contributed by atoms with Crippen molar-refractivity contribution in [2.24, 2.45) is 0 Å². The second kappa shape index (κ2) is 6.15. The Morgan fingerprint density at radius 1 is 1.12 bits per heavy atom. The highest BCUT2D eigenvalue weighted by Gasteiger charge is 2.45. The van der Waals surface area contributed by atoms with E-state index in [0.717, 1.165) is 31.6 Å². The molecule has 1 atom stereocenters. The Kier molecular flexibility index (Phi) is 3.98. The zero-order valence-electron chi connectivity index (χ0n) is 13.3. The molecule has 24 heavy (non-hydrogen) atoms. The van der Waals surface area contributed by atoms with Gasteiger partial charge in [0.15, 0.2) is 0 Å². The lowest BCUT2D eigenvalue weighted by Gasteiger charge is -2.25. The molecule has 0 bridgehead atoms. The van der Waals surface area contributed by atoms with Gasteiger partial charge in [0.25, 0.3) is 0 Å². The van der Waals surface area contributed by atoms with E-state index in [2.05, 4.69) is 33.9 Å². The SMILES string of the molecule is FC(F)Oc1ccc(CN2CCC3(C2)OCc2ccccc23)cc1. The predicted octanol–water partition coefficient (Wildman–Crippen LogP) is 3.92. The maximum atomic E-state index is 12.2. The normalized spacial score (nSPS) is 23.1. The van der Waals surface area contributed by atoms with E-state index in [1.54, 1.807) is 12.1 Å². The van der Waals surface area contributed by atoms with Crippen molar-refractivity contribution in [1.82, 2.24) is 4.90 Å². The summed E-state index contributed by atoms with van der Waals surface area (Å²) >= 11 is 0. The molecule has 0 amide bonds. The first-order valence-electron chi connectivity index (χ1n) is 8.13. The van der Waals surface area contributed by atoms with E-state index in [1.807, 2.05) is 12.1 Å². The monoisotopic (exact) mass is 331 g/mol. The van der Waals surface area contributed by atoms with Crippen LogP contribution < -0.4 is 4.74 Å². The molecule has 0 radical (unpaired) electrons. The van der Waals surface area contributed by atoms with Crippen molar-refractivity contribution in [1.29, 1.82) is 0 Å². The van der Waals surface area contributed by atoms with E-state index in [-0.39, 0.29) is 11.4 Å². The Labute approximate surface area is 139 Å². The summed E-state index contributed by atoms with van der Waals surface area (Å²) in [6, 6.07) is 15.3. The fourth-order valence-electron chi connectivity index (χ4n) is 3.75. The van der Waals surface area contributed by atoms with Crippen LogP contribution in [0.4, 0.5) is 8.78 Å². The standard InChI is InChI=1S/C19H19F2NO2/c20-18(21)24-16-7-5-14(6-8-16)11-22-10-9-19(13-22)17-4-2-1-3-15(17)12-23-19/h1-8,18H,9-13H2. The second-order valence-electron chi connectivity index (χ2n) is 6.42. The van der Waals surface area contributed by atoms with E-state index < -0.39 is 6.61 Å². The van der Waals surface area contributed by atoms with Gasteiger partial charge in [-0.25, -0.2) is 0 Å². The van der Waals surface area contributed by atoms with Crippen molar-refractivity contribution >= 4 is 0 Å². The molecule has 0 aromatic heterocycles. The number of fused-ring (bicyclic) bond motifs is 2. The van der Waals surface area contributed by atoms with Gasteiger partial charge >= 0.3 is 6.61 Å². The predicted molar refractivity (Wildman–Crippen MR) is 85.9 cm³/mol. The summed E-state index contributed by atoms with van der Waals surface area (Å²) in [5, 5.41) is 0. The lowest BCUT2D eigenvalue weighted by molar-refractivity contribution is -0.0498. The molecular formula is C19H19F2NO2. The summed E-state index contributed by atoms with van der Waals surface area (Å²) in [4.78, 5) is 2.35. The fraction of sp³-hybridized carbons (Fsp3) is 0.368. The van der Waals surface area contributed by atoms with Crippen LogP contribution in [0.2, 0.25) is 0 Å². The Balaban J connectivity index is 1.43. The molecule has 1 fully saturated rings. The second-order valence-corrected chi connectivity index (χ2v) is 6.42. The summed E-state index contributed by atoms with van der Waals surface area (Å²) in [7, 11) is 0. The Hall–Kier alpha value is -1.98. The van der Waals surface area contributed by atoms with Crippen molar-refractivity contribution < 1.29 is 18.3 Å². The number of nitrogens with zero attached hydrogens (tertiary/aromatic N) is 1. The van der Waals surface area contributed by atoms with Crippen LogP contribution in [0.3, 0.4) is 0 Å². The van der Waals surface area contributed by atoms with Gasteiger partial charge in [-0.2, -0.15) is 8.78 Å². The van der Waals surface area contributed by atoms with Crippen molar-refractivity contribution in [3.8, 4) is 5.75 Å². The molecule has 0 N–H and O–H groups in total. The molecule has 1 spiro atoms. The van der Waals surface area contributed by atoms with Gasteiger partial charge in [0.2, 0.25) is 0 Å². The van der Waals surface area contributed by atoms with Gasteiger partial charge in [0.1, 0.15) is 11.4 Å². The van der Waals surface area contributed by atoms with Crippen molar-refractivity contribution in [2.75, 3.05) is 13.1 Å². The van der Waals surface area contributed by atoms with Crippen LogP contribution in [0, 0.1) is 0 Å². The van der Waals surface area contributed by atoms with E-state index in [1.165, 1.54) is 11.1 Å². The van der Waals surface area contributed by atoms with Gasteiger partial charge in [-0.1, -0.05) is 36.4 Å². The third-order valence-corrected chi connectivity index (χ3v) is 4.88. The number of hydrogen-bond acceptors (Lipinski definition) is 3. The zero-order chi connectivity index (χ0) is 16.6. The maximum absolute atomic E-state index is 12.2. The average Bonchev–Trinajstić information content (AvgIpc) is 3.15. The minimum Gasteiger partial charge on any atom is -0.435 e. The molecule has 2 heterocycles. The zero-order valence-corrected chi connectivity index (χ0v) is 13.3. The van der Waals surface area contributed by atoms with Crippen LogP contribution in [0.1, 0.15) is 23.1 Å². The van der Waals surface area contributed by atoms with Gasteiger partial charge in [0.05, 0.1) is 6.61 Å². The van der Waals surface area contributed by atoms with Crippen LogP contribution in [0.5, 0.6) is 5.75 Å². The fourth-order valence-corrected chi connectivity index (χ4v) is 3.75. The molecule has 2 aromatic carbocycles. The molecule has 2 aromatic rings. The number of ether oxygens (including phenoxy) is 2. The molecule has 2 aliphatic rings. The van der Waals surface area contributed by atoms with Crippen molar-refractivity contribution in [3.63, 3.8) is 0 Å². The van der Waals surface area contributed by atoms with Crippen LogP contribution in [0.25, 0.3) is 0 Å². The molecule has 126 valence electrons. The molecule has 1 saturated heterocycles. The highest BCUT2D eigenvalue weighted by molar-refractivity contribution is 5.37. The van der Waals surface area contributed by atoms with E-state index in [9.17, 15) is 8.78 Å². The van der Waals surface area contributed by atoms with Gasteiger partial charge < -0.3 is 9.47 Å². The third kappa shape index (κ3) is 2.89. The van der Waals surface area contributed by atoms with Crippen LogP contribution in [-0.4, -0.2) is 24.6 Å². The summed E-state index contributed by atoms with van der Waals surface area (Å²) in [5.74, 6) is 0.194. The van der Waals surface area contributed by atoms with Crippen LogP contribution >= 0.6 is 0 Å². The Morgan fingerprint density at radius 2 is 1.92 bits per heavy atom. The average molecular weight is 331 g/mol. The maximum Gasteiger partial charge on any atom is 0.387 e. The lowest BCUT2D eigenvalue weighted by atomic mass is 9.92. The third-order valence-electron chi connectivity index (χ3n) is 4.88. The molecule has 0 saturated carbocycles. The molecule has 1 unspecified atom stereocenters. The van der Waals surface area contributed by atoms with Crippen molar-refractivity contribution in [2.45, 2.75) is 31.8 Å². The summed E-state index contributed by atoms with van der Waals surface area (Å²) in [6.07, 6.45) is 0.983. The number of benzene rings is 2. The molecular weight excluding hydrogens is 312 g/mol. The van der Waals surface area contributed by atoms with E-state index in [0.29, 0.717) is 6.61 Å². The molecule has 5 heteroatoms. The Morgan fingerprint density at radius 3 is 2.71 bits per heavy atom. The first kappa shape index (κ1) is 15.5. The van der Waals surface area contributed by atoms with Gasteiger partial charge in [-0.05, 0) is 35.2 Å². The number of alkyl halides is 2. The number of hydrogen-bond donors (Lipinski definition) is 0. The van der Waals surface area contributed by atoms with Crippen molar-refractivity contribution in [3.05, 3.63) is 65.2 Å². The Bertz CT molecular complexity index is 720. The highest BCUT2D eigenvalue weighted by Crippen LogP contribution is 2.43. The quantitative estimate of drug-likeness (QED) is 0.848. The number of halogens is 2. The number of likely N-dealkylation sites (tertiary alicyclic amines) is 1.